The molecule has 0 spiro atoms. The SMILES string of the molecule is Cc1cc(Cl)ccc1NC(=O)C1CCCN1S(=O)(=O)c1ccccc1. The van der Waals surface area contributed by atoms with Crippen molar-refractivity contribution in [2.24, 2.45) is 0 Å². The molecule has 1 unspecified atom stereocenters. The summed E-state index contributed by atoms with van der Waals surface area (Å²) in [6, 6.07) is 12.7. The molecule has 1 saturated heterocycles. The van der Waals surface area contributed by atoms with Gasteiger partial charge >= 0.3 is 0 Å². The second kappa shape index (κ2) is 7.15. The second-order valence-corrected chi connectivity index (χ2v) is 8.36. The number of nitrogens with zero attached hydrogens (tertiary/aromatic N) is 1. The van der Waals surface area contributed by atoms with Gasteiger partial charge in [-0.3, -0.25) is 4.79 Å². The van der Waals surface area contributed by atoms with Crippen LogP contribution in [0.3, 0.4) is 0 Å². The average Bonchev–Trinajstić information content (AvgIpc) is 3.09. The monoisotopic (exact) mass is 378 g/mol. The molecule has 1 fully saturated rings. The molecule has 1 atom stereocenters. The van der Waals surface area contributed by atoms with E-state index >= 15 is 0 Å². The summed E-state index contributed by atoms with van der Waals surface area (Å²) in [5, 5.41) is 3.42. The van der Waals surface area contributed by atoms with Crippen molar-refractivity contribution in [2.45, 2.75) is 30.7 Å². The van der Waals surface area contributed by atoms with E-state index in [9.17, 15) is 13.2 Å². The Balaban J connectivity index is 1.83. The number of benzene rings is 2. The Bertz CT molecular complexity index is 884. The van der Waals surface area contributed by atoms with Crippen molar-refractivity contribution < 1.29 is 13.2 Å². The number of rotatable bonds is 4. The van der Waals surface area contributed by atoms with Crippen molar-refractivity contribution in [3.63, 3.8) is 0 Å². The Labute approximate surface area is 152 Å². The summed E-state index contributed by atoms with van der Waals surface area (Å²) >= 11 is 5.93. The van der Waals surface area contributed by atoms with Crippen LogP contribution in [0.15, 0.2) is 53.4 Å². The predicted molar refractivity (Wildman–Crippen MR) is 98.2 cm³/mol. The smallest absolute Gasteiger partial charge is 0.243 e. The molecular weight excluding hydrogens is 360 g/mol. The zero-order valence-electron chi connectivity index (χ0n) is 13.8. The van der Waals surface area contributed by atoms with Gasteiger partial charge in [-0.2, -0.15) is 4.31 Å². The zero-order valence-corrected chi connectivity index (χ0v) is 15.3. The summed E-state index contributed by atoms with van der Waals surface area (Å²) < 4.78 is 27.0. The van der Waals surface area contributed by atoms with Gasteiger partial charge in [-0.25, -0.2) is 8.42 Å². The third kappa shape index (κ3) is 3.71. The van der Waals surface area contributed by atoms with Crippen molar-refractivity contribution in [1.82, 2.24) is 4.31 Å². The van der Waals surface area contributed by atoms with Crippen LogP contribution < -0.4 is 5.32 Å². The first-order valence-electron chi connectivity index (χ1n) is 8.03. The van der Waals surface area contributed by atoms with Gasteiger partial charge in [0.1, 0.15) is 6.04 Å². The van der Waals surface area contributed by atoms with Gasteiger partial charge in [0.2, 0.25) is 15.9 Å². The van der Waals surface area contributed by atoms with E-state index in [0.29, 0.717) is 30.1 Å². The summed E-state index contributed by atoms with van der Waals surface area (Å²) in [6.45, 7) is 2.18. The fourth-order valence-corrected chi connectivity index (χ4v) is 4.91. The quantitative estimate of drug-likeness (QED) is 0.886. The topological polar surface area (TPSA) is 66.5 Å². The van der Waals surface area contributed by atoms with E-state index in [1.165, 1.54) is 4.31 Å². The molecule has 5 nitrogen and oxygen atoms in total. The first-order valence-corrected chi connectivity index (χ1v) is 9.85. The molecular formula is C18H19ClN2O3S. The molecule has 1 aliphatic rings. The normalized spacial score (nSPS) is 18.2. The maximum atomic E-state index is 12.8. The highest BCUT2D eigenvalue weighted by molar-refractivity contribution is 7.89. The van der Waals surface area contributed by atoms with Crippen LogP contribution in [0.5, 0.6) is 0 Å². The number of nitrogens with one attached hydrogen (secondary N) is 1. The summed E-state index contributed by atoms with van der Waals surface area (Å²) in [6.07, 6.45) is 1.16. The Morgan fingerprint density at radius 3 is 2.60 bits per heavy atom. The first kappa shape index (κ1) is 17.9. The molecule has 3 rings (SSSR count). The molecule has 1 amide bonds. The standard InChI is InChI=1S/C18H19ClN2O3S/c1-13-12-14(19)9-10-16(13)20-18(22)17-8-5-11-21(17)25(23,24)15-6-3-2-4-7-15/h2-4,6-7,9-10,12,17H,5,8,11H2,1H3,(H,20,22). The van der Waals surface area contributed by atoms with Crippen molar-refractivity contribution in [3.05, 3.63) is 59.1 Å². The molecule has 132 valence electrons. The average molecular weight is 379 g/mol. The van der Waals surface area contributed by atoms with Gasteiger partial charge in [0.15, 0.2) is 0 Å². The van der Waals surface area contributed by atoms with E-state index in [0.717, 1.165) is 5.56 Å². The molecule has 7 heteroatoms. The van der Waals surface area contributed by atoms with Crippen LogP contribution in [0, 0.1) is 6.92 Å². The lowest BCUT2D eigenvalue weighted by molar-refractivity contribution is -0.119. The molecule has 2 aromatic rings. The van der Waals surface area contributed by atoms with Gasteiger partial charge in [0.05, 0.1) is 4.90 Å². The van der Waals surface area contributed by atoms with E-state index in [4.69, 9.17) is 11.6 Å². The minimum atomic E-state index is -3.69. The molecule has 25 heavy (non-hydrogen) atoms. The van der Waals surface area contributed by atoms with Crippen molar-refractivity contribution >= 4 is 33.2 Å². The Kier molecular flexibility index (Phi) is 5.13. The number of amides is 1. The van der Waals surface area contributed by atoms with Gasteiger partial charge < -0.3 is 5.32 Å². The number of carbonyl (C=O) groups excluding carboxylic acids is 1. The molecule has 0 saturated carbocycles. The third-order valence-electron chi connectivity index (χ3n) is 4.30. The van der Waals surface area contributed by atoms with Crippen molar-refractivity contribution in [2.75, 3.05) is 11.9 Å². The van der Waals surface area contributed by atoms with E-state index in [1.54, 1.807) is 48.5 Å². The highest BCUT2D eigenvalue weighted by atomic mass is 35.5. The maximum absolute atomic E-state index is 12.8. The highest BCUT2D eigenvalue weighted by Gasteiger charge is 2.39. The van der Waals surface area contributed by atoms with Crippen molar-refractivity contribution in [1.29, 1.82) is 0 Å². The number of aryl methyl sites for hydroxylation is 1. The van der Waals surface area contributed by atoms with Crippen LogP contribution in [0.25, 0.3) is 0 Å². The Morgan fingerprint density at radius 1 is 1.20 bits per heavy atom. The fourth-order valence-electron chi connectivity index (χ4n) is 3.00. The summed E-state index contributed by atoms with van der Waals surface area (Å²) in [4.78, 5) is 12.9. The predicted octanol–water partition coefficient (Wildman–Crippen LogP) is 3.44. The number of carbonyl (C=O) groups is 1. The van der Waals surface area contributed by atoms with Crippen LogP contribution >= 0.6 is 11.6 Å². The highest BCUT2D eigenvalue weighted by Crippen LogP contribution is 2.27. The Morgan fingerprint density at radius 2 is 1.92 bits per heavy atom. The largest absolute Gasteiger partial charge is 0.324 e. The van der Waals surface area contributed by atoms with Crippen molar-refractivity contribution in [3.8, 4) is 0 Å². The molecule has 0 bridgehead atoms. The van der Waals surface area contributed by atoms with Gasteiger partial charge in [-0.1, -0.05) is 29.8 Å². The zero-order chi connectivity index (χ0) is 18.0. The summed E-state index contributed by atoms with van der Waals surface area (Å²) in [5.74, 6) is -0.317. The maximum Gasteiger partial charge on any atom is 0.243 e. The first-order chi connectivity index (χ1) is 11.9. The third-order valence-corrected chi connectivity index (χ3v) is 6.46. The van der Waals surface area contributed by atoms with Gasteiger partial charge in [0, 0.05) is 17.3 Å². The second-order valence-electron chi connectivity index (χ2n) is 6.04. The fraction of sp³-hybridized carbons (Fsp3) is 0.278. The number of hydrogen-bond donors (Lipinski definition) is 1. The van der Waals surface area contributed by atoms with Gasteiger partial charge in [-0.15, -0.1) is 0 Å². The summed E-state index contributed by atoms with van der Waals surface area (Å²) in [7, 11) is -3.69. The molecule has 0 aliphatic carbocycles. The number of sulfonamides is 1. The number of hydrogen-bond acceptors (Lipinski definition) is 3. The Hall–Kier alpha value is -1.89. The molecule has 2 aromatic carbocycles. The van der Waals surface area contributed by atoms with Crippen LogP contribution in [0.1, 0.15) is 18.4 Å². The van der Waals surface area contributed by atoms with Crippen LogP contribution in [0.4, 0.5) is 5.69 Å². The lowest BCUT2D eigenvalue weighted by Gasteiger charge is -2.23. The lowest BCUT2D eigenvalue weighted by Crippen LogP contribution is -2.43. The van der Waals surface area contributed by atoms with Crippen LogP contribution in [-0.4, -0.2) is 31.2 Å². The lowest BCUT2D eigenvalue weighted by atomic mass is 10.1. The summed E-state index contributed by atoms with van der Waals surface area (Å²) in [5.41, 5.74) is 1.47. The van der Waals surface area contributed by atoms with Gasteiger partial charge in [-0.05, 0) is 55.7 Å². The molecule has 0 aromatic heterocycles. The molecule has 0 radical (unpaired) electrons. The van der Waals surface area contributed by atoms with E-state index in [1.807, 2.05) is 6.92 Å². The van der Waals surface area contributed by atoms with Crippen LogP contribution in [-0.2, 0) is 14.8 Å². The van der Waals surface area contributed by atoms with Crippen LogP contribution in [0.2, 0.25) is 5.02 Å². The molecule has 1 N–H and O–H groups in total. The minimum absolute atomic E-state index is 0.206. The van der Waals surface area contributed by atoms with Gasteiger partial charge in [0.25, 0.3) is 0 Å². The number of anilines is 1. The minimum Gasteiger partial charge on any atom is -0.324 e. The molecule has 1 aliphatic heterocycles. The molecule has 1 heterocycles. The van der Waals surface area contributed by atoms with E-state index in [2.05, 4.69) is 5.32 Å². The van der Waals surface area contributed by atoms with E-state index in [-0.39, 0.29) is 10.8 Å². The van der Waals surface area contributed by atoms with E-state index < -0.39 is 16.1 Å². The number of halogens is 1.